The van der Waals surface area contributed by atoms with Gasteiger partial charge in [0.1, 0.15) is 5.66 Å². The molecule has 2 heterocycles. The van der Waals surface area contributed by atoms with E-state index in [-0.39, 0.29) is 11.8 Å². The van der Waals surface area contributed by atoms with Gasteiger partial charge in [-0.05, 0) is 63.5 Å². The molecular weight excluding hydrogens is 422 g/mol. The molecule has 1 fully saturated rings. The minimum atomic E-state index is -0.625. The van der Waals surface area contributed by atoms with E-state index in [0.29, 0.717) is 5.56 Å². The maximum Gasteiger partial charge on any atom is 0.260 e. The van der Waals surface area contributed by atoms with Crippen LogP contribution < -0.4 is 5.32 Å². The average Bonchev–Trinajstić information content (AvgIpc) is 2.89. The molecule has 172 valence electrons. The number of allylic oxidation sites excluding steroid dienone is 1. The van der Waals surface area contributed by atoms with Gasteiger partial charge in [0, 0.05) is 22.2 Å². The molecule has 1 N–H and O–H groups in total. The number of carbonyl (C=O) groups excluding carboxylic acids is 2. The van der Waals surface area contributed by atoms with Gasteiger partial charge in [-0.15, -0.1) is 0 Å². The monoisotopic (exact) mass is 451 g/mol. The Hall–Kier alpha value is -3.47. The Morgan fingerprint density at radius 2 is 1.62 bits per heavy atom. The number of benzene rings is 2. The molecule has 2 aliphatic carbocycles. The van der Waals surface area contributed by atoms with E-state index in [4.69, 9.17) is 4.98 Å². The van der Waals surface area contributed by atoms with E-state index in [2.05, 4.69) is 5.32 Å². The summed E-state index contributed by atoms with van der Waals surface area (Å²) in [6, 6.07) is 19.8. The summed E-state index contributed by atoms with van der Waals surface area (Å²) in [7, 11) is 0. The molecule has 1 aliphatic heterocycles. The van der Waals surface area contributed by atoms with Crippen molar-refractivity contribution < 1.29 is 9.59 Å². The molecule has 5 heteroatoms. The molecule has 6 rings (SSSR count). The topological polar surface area (TPSA) is 62.3 Å². The van der Waals surface area contributed by atoms with Crippen LogP contribution in [0.2, 0.25) is 0 Å². The third-order valence-electron chi connectivity index (χ3n) is 7.66. The smallest absolute Gasteiger partial charge is 0.260 e. The summed E-state index contributed by atoms with van der Waals surface area (Å²) in [4.78, 5) is 34.6. The predicted octanol–water partition coefficient (Wildman–Crippen LogP) is 5.96. The van der Waals surface area contributed by atoms with Gasteiger partial charge in [-0.3, -0.25) is 14.5 Å². The minimum absolute atomic E-state index is 0.0212. The number of pyridine rings is 1. The van der Waals surface area contributed by atoms with Crippen molar-refractivity contribution in [1.29, 1.82) is 0 Å². The van der Waals surface area contributed by atoms with Gasteiger partial charge >= 0.3 is 0 Å². The second kappa shape index (κ2) is 8.39. The van der Waals surface area contributed by atoms with Gasteiger partial charge in [0.15, 0.2) is 0 Å². The first-order valence-corrected chi connectivity index (χ1v) is 12.5. The van der Waals surface area contributed by atoms with Crippen LogP contribution in [0.25, 0.3) is 22.2 Å². The molecule has 0 atom stereocenters. The highest BCUT2D eigenvalue weighted by molar-refractivity contribution is 6.09. The Morgan fingerprint density at radius 3 is 2.44 bits per heavy atom. The number of aromatic nitrogens is 1. The molecular formula is C29H29N3O2. The molecule has 0 unspecified atom stereocenters. The molecule has 1 aromatic heterocycles. The number of hydrogen-bond donors (Lipinski definition) is 1. The molecule has 2 aromatic carbocycles. The fraction of sp³-hybridized carbons (Fsp3) is 0.345. The lowest BCUT2D eigenvalue weighted by Crippen LogP contribution is -2.66. The molecule has 5 nitrogen and oxygen atoms in total. The molecule has 3 aliphatic rings. The van der Waals surface area contributed by atoms with Crippen LogP contribution in [-0.4, -0.2) is 27.4 Å². The Kier molecular flexibility index (Phi) is 5.20. The van der Waals surface area contributed by atoms with Crippen LogP contribution in [0, 0.1) is 0 Å². The quantitative estimate of drug-likeness (QED) is 0.523. The lowest BCUT2D eigenvalue weighted by Gasteiger charge is -2.51. The van der Waals surface area contributed by atoms with E-state index in [1.165, 1.54) is 0 Å². The summed E-state index contributed by atoms with van der Waals surface area (Å²) in [5, 5.41) is 4.17. The Labute approximate surface area is 199 Å². The molecule has 0 saturated heterocycles. The van der Waals surface area contributed by atoms with E-state index in [0.717, 1.165) is 91.2 Å². The van der Waals surface area contributed by atoms with Gasteiger partial charge in [-0.1, -0.05) is 55.0 Å². The van der Waals surface area contributed by atoms with Crippen molar-refractivity contribution in [2.24, 2.45) is 0 Å². The SMILES string of the molecule is O=C1NC2(CCCCC2)N(C(=O)c2cc(-c3ccccc3)nc3ccccc23)C2=C1CCCC2. The van der Waals surface area contributed by atoms with E-state index in [1.54, 1.807) is 0 Å². The maximum atomic E-state index is 14.5. The maximum absolute atomic E-state index is 14.5. The summed E-state index contributed by atoms with van der Waals surface area (Å²) < 4.78 is 0. The normalized spacial score (nSPS) is 19.8. The van der Waals surface area contributed by atoms with Crippen LogP contribution in [0.1, 0.15) is 68.1 Å². The molecule has 1 saturated carbocycles. The zero-order valence-electron chi connectivity index (χ0n) is 19.3. The first kappa shape index (κ1) is 21.1. The molecule has 2 amide bonds. The van der Waals surface area contributed by atoms with Crippen LogP contribution in [0.5, 0.6) is 0 Å². The van der Waals surface area contributed by atoms with Crippen LogP contribution in [0.3, 0.4) is 0 Å². The first-order valence-electron chi connectivity index (χ1n) is 12.5. The number of carbonyl (C=O) groups is 2. The average molecular weight is 452 g/mol. The van der Waals surface area contributed by atoms with Gasteiger partial charge in [-0.2, -0.15) is 0 Å². The fourth-order valence-corrected chi connectivity index (χ4v) is 6.01. The van der Waals surface area contributed by atoms with Gasteiger partial charge in [-0.25, -0.2) is 4.98 Å². The number of nitrogens with zero attached hydrogens (tertiary/aromatic N) is 2. The lowest BCUT2D eigenvalue weighted by atomic mass is 9.81. The van der Waals surface area contributed by atoms with Crippen molar-refractivity contribution >= 4 is 22.7 Å². The lowest BCUT2D eigenvalue weighted by molar-refractivity contribution is -0.124. The van der Waals surface area contributed by atoms with Crippen molar-refractivity contribution in [3.63, 3.8) is 0 Å². The van der Waals surface area contributed by atoms with Gasteiger partial charge in [0.05, 0.1) is 16.8 Å². The Morgan fingerprint density at radius 1 is 0.882 bits per heavy atom. The van der Waals surface area contributed by atoms with E-state index < -0.39 is 5.66 Å². The molecule has 0 radical (unpaired) electrons. The number of para-hydroxylation sites is 1. The van der Waals surface area contributed by atoms with E-state index in [9.17, 15) is 9.59 Å². The van der Waals surface area contributed by atoms with Crippen molar-refractivity contribution in [3.05, 3.63) is 77.5 Å². The number of rotatable bonds is 2. The zero-order valence-corrected chi connectivity index (χ0v) is 19.3. The third-order valence-corrected chi connectivity index (χ3v) is 7.66. The highest BCUT2D eigenvalue weighted by Gasteiger charge is 2.49. The van der Waals surface area contributed by atoms with Gasteiger partial charge < -0.3 is 5.32 Å². The summed E-state index contributed by atoms with van der Waals surface area (Å²) in [6.45, 7) is 0. The van der Waals surface area contributed by atoms with Crippen LogP contribution in [0.4, 0.5) is 0 Å². The molecule has 3 aromatic rings. The predicted molar refractivity (Wildman–Crippen MR) is 133 cm³/mol. The number of nitrogens with one attached hydrogen (secondary N) is 1. The Balaban J connectivity index is 1.55. The van der Waals surface area contributed by atoms with Gasteiger partial charge in [0.25, 0.3) is 11.8 Å². The number of hydrogen-bond acceptors (Lipinski definition) is 3. The first-order chi connectivity index (χ1) is 16.7. The fourth-order valence-electron chi connectivity index (χ4n) is 6.01. The van der Waals surface area contributed by atoms with Gasteiger partial charge in [0.2, 0.25) is 0 Å². The second-order valence-corrected chi connectivity index (χ2v) is 9.76. The van der Waals surface area contributed by atoms with E-state index >= 15 is 0 Å². The van der Waals surface area contributed by atoms with E-state index in [1.807, 2.05) is 65.6 Å². The Bertz CT molecular complexity index is 1310. The van der Waals surface area contributed by atoms with Crippen LogP contribution in [0.15, 0.2) is 71.9 Å². The largest absolute Gasteiger partial charge is 0.329 e. The zero-order chi connectivity index (χ0) is 23.1. The summed E-state index contributed by atoms with van der Waals surface area (Å²) in [6.07, 6.45) is 8.31. The van der Waals surface area contributed by atoms with Crippen molar-refractivity contribution in [2.45, 2.75) is 63.5 Å². The minimum Gasteiger partial charge on any atom is -0.329 e. The summed E-state index contributed by atoms with van der Waals surface area (Å²) in [5.41, 5.74) is 4.37. The molecule has 34 heavy (non-hydrogen) atoms. The highest BCUT2D eigenvalue weighted by Crippen LogP contribution is 2.43. The summed E-state index contributed by atoms with van der Waals surface area (Å²) in [5.74, 6) is 0.0114. The van der Waals surface area contributed by atoms with Crippen LogP contribution in [-0.2, 0) is 4.79 Å². The third kappa shape index (κ3) is 3.42. The van der Waals surface area contributed by atoms with Crippen molar-refractivity contribution in [3.8, 4) is 11.3 Å². The highest BCUT2D eigenvalue weighted by atomic mass is 16.2. The molecule has 0 bridgehead atoms. The standard InChI is InChI=1S/C29H29N3O2/c33-27-22-14-6-8-16-26(22)32(29(31-27)17-9-2-10-18-29)28(34)23-19-25(20-11-3-1-4-12-20)30-24-15-7-5-13-21(23)24/h1,3-5,7,11-13,15,19H,2,6,8-10,14,16-18H2,(H,31,33). The van der Waals surface area contributed by atoms with Crippen LogP contribution >= 0.6 is 0 Å². The number of amides is 2. The van der Waals surface area contributed by atoms with Crippen molar-refractivity contribution in [1.82, 2.24) is 15.2 Å². The second-order valence-electron chi connectivity index (χ2n) is 9.76. The number of fused-ring (bicyclic) bond motifs is 1. The summed E-state index contributed by atoms with van der Waals surface area (Å²) >= 11 is 0. The van der Waals surface area contributed by atoms with Crippen molar-refractivity contribution in [2.75, 3.05) is 0 Å². The molecule has 1 spiro atoms.